The van der Waals surface area contributed by atoms with E-state index in [1.54, 1.807) is 7.93 Å². The predicted octanol–water partition coefficient (Wildman–Crippen LogP) is 5.10. The zero-order chi connectivity index (χ0) is 11.8. The summed E-state index contributed by atoms with van der Waals surface area (Å²) in [4.78, 5) is 0. The van der Waals surface area contributed by atoms with E-state index in [1.165, 1.54) is 51.4 Å². The van der Waals surface area contributed by atoms with Crippen molar-refractivity contribution in [3.05, 3.63) is 44.4 Å². The second-order valence-electron chi connectivity index (χ2n) is 4.57. The van der Waals surface area contributed by atoms with E-state index in [-0.39, 0.29) is 18.6 Å². The van der Waals surface area contributed by atoms with Gasteiger partial charge in [-0.2, -0.15) is 0 Å². The Morgan fingerprint density at radius 3 is 1.76 bits per heavy atom. The summed E-state index contributed by atoms with van der Waals surface area (Å²) in [5.74, 6) is 0. The van der Waals surface area contributed by atoms with Crippen LogP contribution in [0.25, 0.3) is 0 Å². The number of hydrogen-bond acceptors (Lipinski definition) is 0. The molecule has 0 heterocycles. The number of allylic oxidation sites excluding steroid dienone is 8. The minimum atomic E-state index is 0.132. The van der Waals surface area contributed by atoms with Crippen LogP contribution in [0.1, 0.15) is 51.4 Å². The summed E-state index contributed by atoms with van der Waals surface area (Å²) in [5.41, 5.74) is 0. The van der Waals surface area contributed by atoms with Gasteiger partial charge in [-0.05, 0) is 0 Å². The Bertz CT molecular complexity index is 311. The third kappa shape index (κ3) is 5.21. The maximum absolute atomic E-state index is 2.40. The Labute approximate surface area is 114 Å². The minimum absolute atomic E-state index is 0.132. The molecule has 0 saturated heterocycles. The first-order chi connectivity index (χ1) is 8.45. The van der Waals surface area contributed by atoms with Crippen molar-refractivity contribution >= 4 is 0 Å². The van der Waals surface area contributed by atoms with Gasteiger partial charge >= 0.3 is 114 Å². The Balaban J connectivity index is 1.97. The maximum atomic E-state index is 2.40. The van der Waals surface area contributed by atoms with Gasteiger partial charge in [0.2, 0.25) is 0 Å². The molecule has 2 rings (SSSR count). The third-order valence-corrected chi connectivity index (χ3v) is 6.40. The average Bonchev–Trinajstić information content (AvgIpc) is 2.24. The van der Waals surface area contributed by atoms with Crippen LogP contribution in [-0.2, 0) is 18.6 Å². The van der Waals surface area contributed by atoms with Gasteiger partial charge in [0.15, 0.2) is 0 Å². The van der Waals surface area contributed by atoms with Crippen molar-refractivity contribution in [3.63, 3.8) is 0 Å². The molecule has 0 spiro atoms. The molecule has 2 aliphatic carbocycles. The molecular weight excluding hydrogens is 387 g/mol. The molecule has 2 aliphatic rings. The summed E-state index contributed by atoms with van der Waals surface area (Å²) in [5, 5.41) is 0. The van der Waals surface area contributed by atoms with Crippen LogP contribution in [-0.4, -0.2) is 0 Å². The van der Waals surface area contributed by atoms with E-state index < -0.39 is 0 Å². The van der Waals surface area contributed by atoms with E-state index >= 15 is 0 Å². The van der Waals surface area contributed by atoms with Crippen molar-refractivity contribution in [2.24, 2.45) is 0 Å². The first-order valence-electron chi connectivity index (χ1n) is 6.75. The van der Waals surface area contributed by atoms with Gasteiger partial charge in [0.05, 0.1) is 0 Å². The summed E-state index contributed by atoms with van der Waals surface area (Å²) in [7, 11) is 0. The molecule has 0 aliphatic heterocycles. The van der Waals surface area contributed by atoms with E-state index in [2.05, 4.69) is 36.5 Å². The van der Waals surface area contributed by atoms with Crippen molar-refractivity contribution in [2.45, 2.75) is 51.4 Å². The molecular formula is C16H22Pt. The number of rotatable bonds is 2. The fourth-order valence-electron chi connectivity index (χ4n) is 2.04. The van der Waals surface area contributed by atoms with Crippen LogP contribution in [0.15, 0.2) is 44.4 Å². The van der Waals surface area contributed by atoms with E-state index in [1.807, 2.05) is 0 Å². The standard InChI is InChI=1S/2C8H11.Pt/c2*1-2-4-6-8-7-5-3-1;/h2*1-3H,4,6-8H2;. The van der Waals surface area contributed by atoms with Crippen molar-refractivity contribution < 1.29 is 18.6 Å². The Morgan fingerprint density at radius 1 is 0.706 bits per heavy atom. The quantitative estimate of drug-likeness (QED) is 0.596. The molecule has 0 fully saturated rings. The molecule has 1 heteroatoms. The average molecular weight is 409 g/mol. The fraction of sp³-hybridized carbons (Fsp3) is 0.500. The van der Waals surface area contributed by atoms with Gasteiger partial charge in [-0.3, -0.25) is 0 Å². The molecule has 0 saturated carbocycles. The van der Waals surface area contributed by atoms with Crippen LogP contribution in [0.2, 0.25) is 0 Å². The van der Waals surface area contributed by atoms with Crippen LogP contribution in [0.5, 0.6) is 0 Å². The van der Waals surface area contributed by atoms with Crippen molar-refractivity contribution in [2.75, 3.05) is 0 Å². The molecule has 0 nitrogen and oxygen atoms in total. The van der Waals surface area contributed by atoms with Gasteiger partial charge in [-0.25, -0.2) is 0 Å². The molecule has 17 heavy (non-hydrogen) atoms. The molecule has 0 aromatic rings. The second kappa shape index (κ2) is 7.88. The van der Waals surface area contributed by atoms with Crippen LogP contribution in [0.3, 0.4) is 0 Å². The molecule has 0 radical (unpaired) electrons. The monoisotopic (exact) mass is 409 g/mol. The first-order valence-corrected chi connectivity index (χ1v) is 9.02. The Morgan fingerprint density at radius 2 is 1.24 bits per heavy atom. The van der Waals surface area contributed by atoms with Crippen molar-refractivity contribution in [1.82, 2.24) is 0 Å². The first kappa shape index (κ1) is 13.1. The molecule has 0 aromatic heterocycles. The Hall–Kier alpha value is -0.352. The van der Waals surface area contributed by atoms with Gasteiger partial charge < -0.3 is 0 Å². The number of hydrogen-bond donors (Lipinski definition) is 0. The summed E-state index contributed by atoms with van der Waals surface area (Å²) in [6.45, 7) is 0. The van der Waals surface area contributed by atoms with E-state index in [0.717, 1.165) is 0 Å². The molecule has 0 atom stereocenters. The molecule has 0 bridgehead atoms. The van der Waals surface area contributed by atoms with Gasteiger partial charge in [0, 0.05) is 0 Å². The predicted molar refractivity (Wildman–Crippen MR) is 71.4 cm³/mol. The van der Waals surface area contributed by atoms with Gasteiger partial charge in [0.25, 0.3) is 0 Å². The third-order valence-electron chi connectivity index (χ3n) is 3.05. The van der Waals surface area contributed by atoms with Crippen LogP contribution in [0, 0.1) is 0 Å². The van der Waals surface area contributed by atoms with Gasteiger partial charge in [-0.15, -0.1) is 0 Å². The molecule has 0 N–H and O–H groups in total. The van der Waals surface area contributed by atoms with E-state index in [9.17, 15) is 0 Å². The molecule has 0 aromatic carbocycles. The molecule has 0 amide bonds. The molecule has 96 valence electrons. The van der Waals surface area contributed by atoms with Crippen LogP contribution < -0.4 is 0 Å². The fourth-order valence-corrected chi connectivity index (χ4v) is 5.17. The van der Waals surface area contributed by atoms with Gasteiger partial charge in [0.1, 0.15) is 0 Å². The summed E-state index contributed by atoms with van der Waals surface area (Å²) < 4.78 is 3.47. The normalized spacial score (nSPS) is 22.1. The summed E-state index contributed by atoms with van der Waals surface area (Å²) in [6.07, 6.45) is 24.8. The van der Waals surface area contributed by atoms with Gasteiger partial charge in [-0.1, -0.05) is 0 Å². The zero-order valence-electron chi connectivity index (χ0n) is 10.4. The summed E-state index contributed by atoms with van der Waals surface area (Å²) >= 11 is 0.132. The van der Waals surface area contributed by atoms with Crippen molar-refractivity contribution in [1.29, 1.82) is 0 Å². The molecule has 0 unspecified atom stereocenters. The van der Waals surface area contributed by atoms with Crippen LogP contribution >= 0.6 is 0 Å². The van der Waals surface area contributed by atoms with E-state index in [4.69, 9.17) is 0 Å². The van der Waals surface area contributed by atoms with E-state index in [0.29, 0.717) is 0 Å². The summed E-state index contributed by atoms with van der Waals surface area (Å²) in [6, 6.07) is 0. The Kier molecular flexibility index (Phi) is 6.06. The zero-order valence-corrected chi connectivity index (χ0v) is 12.7. The second-order valence-corrected chi connectivity index (χ2v) is 8.06. The topological polar surface area (TPSA) is 0 Å². The van der Waals surface area contributed by atoms with Crippen LogP contribution in [0.4, 0.5) is 0 Å². The van der Waals surface area contributed by atoms with Crippen molar-refractivity contribution in [3.8, 4) is 0 Å². The SMILES string of the molecule is C1=CCCCC[C]([Pt][C]2=CC=CCCCC2)=C1.